The average Bonchev–Trinajstić information content (AvgIpc) is 2.59. The van der Waals surface area contributed by atoms with Crippen molar-refractivity contribution in [3.8, 4) is 0 Å². The van der Waals surface area contributed by atoms with E-state index in [-0.39, 0.29) is 10.8 Å². The number of nitrogens with one attached hydrogen (secondary N) is 2. The number of alkyl halides is 1. The third kappa shape index (κ3) is 4.35. The molecule has 0 aromatic heterocycles. The van der Waals surface area contributed by atoms with Crippen molar-refractivity contribution in [2.24, 2.45) is 0 Å². The Bertz CT molecular complexity index is 792. The SMILES string of the molecule is COC(=N)[C@H](Cl)[C@H](NS(=O)(=O)c1ccc(C)cc1)c1ccccc1. The summed E-state index contributed by atoms with van der Waals surface area (Å²) in [6, 6.07) is 14.6. The smallest absolute Gasteiger partial charge is 0.241 e. The third-order valence-electron chi connectivity index (χ3n) is 3.54. The fourth-order valence-corrected chi connectivity index (χ4v) is 3.78. The van der Waals surface area contributed by atoms with Gasteiger partial charge in [0, 0.05) is 0 Å². The molecule has 0 aliphatic heterocycles. The standard InChI is InChI=1S/C17H19ClN2O3S/c1-12-8-10-14(11-9-12)24(21,22)20-16(15(18)17(19)23-2)13-6-4-3-5-7-13/h3-11,15-16,19-20H,1-2H3/t15-,16-/m1/s1. The number of halogens is 1. The molecular formula is C17H19ClN2O3S. The number of rotatable bonds is 6. The summed E-state index contributed by atoms with van der Waals surface area (Å²) in [6.45, 7) is 1.88. The van der Waals surface area contributed by atoms with E-state index < -0.39 is 21.4 Å². The van der Waals surface area contributed by atoms with Crippen LogP contribution in [0.15, 0.2) is 59.5 Å². The van der Waals surface area contributed by atoms with Crippen LogP contribution in [0.4, 0.5) is 0 Å². The van der Waals surface area contributed by atoms with Gasteiger partial charge >= 0.3 is 0 Å². The lowest BCUT2D eigenvalue weighted by Crippen LogP contribution is -2.37. The Labute approximate surface area is 147 Å². The maximum atomic E-state index is 12.7. The predicted octanol–water partition coefficient (Wildman–Crippen LogP) is 3.25. The second-order valence-corrected chi connectivity index (χ2v) is 7.48. The summed E-state index contributed by atoms with van der Waals surface area (Å²) < 4.78 is 32.8. The zero-order chi connectivity index (χ0) is 17.7. The molecular weight excluding hydrogens is 348 g/mol. The van der Waals surface area contributed by atoms with Crippen molar-refractivity contribution in [3.05, 3.63) is 65.7 Å². The Hall–Kier alpha value is -1.89. The van der Waals surface area contributed by atoms with Crippen LogP contribution >= 0.6 is 11.6 Å². The second-order valence-electron chi connectivity index (χ2n) is 5.29. The molecule has 0 saturated carbocycles. The van der Waals surface area contributed by atoms with E-state index >= 15 is 0 Å². The van der Waals surface area contributed by atoms with E-state index in [9.17, 15) is 8.42 Å². The van der Waals surface area contributed by atoms with E-state index in [2.05, 4.69) is 4.72 Å². The van der Waals surface area contributed by atoms with Crippen LogP contribution in [0.5, 0.6) is 0 Å². The molecule has 0 unspecified atom stereocenters. The van der Waals surface area contributed by atoms with E-state index in [4.69, 9.17) is 21.7 Å². The average molecular weight is 367 g/mol. The normalized spacial score (nSPS) is 14.0. The van der Waals surface area contributed by atoms with Crippen LogP contribution in [0.3, 0.4) is 0 Å². The third-order valence-corrected chi connectivity index (χ3v) is 5.44. The quantitative estimate of drug-likeness (QED) is 0.468. The van der Waals surface area contributed by atoms with Gasteiger partial charge in [-0.15, -0.1) is 11.6 Å². The number of hydrogen-bond donors (Lipinski definition) is 2. The van der Waals surface area contributed by atoms with Crippen LogP contribution < -0.4 is 4.72 Å². The minimum Gasteiger partial charge on any atom is -0.483 e. The first-order chi connectivity index (χ1) is 11.3. The Morgan fingerprint density at radius 3 is 2.25 bits per heavy atom. The van der Waals surface area contributed by atoms with Gasteiger partial charge in [0.2, 0.25) is 15.9 Å². The topological polar surface area (TPSA) is 79.2 Å². The Balaban J connectivity index is 2.37. The molecule has 0 aliphatic carbocycles. The summed E-state index contributed by atoms with van der Waals surface area (Å²) in [6.07, 6.45) is 0. The van der Waals surface area contributed by atoms with Gasteiger partial charge in [-0.2, -0.15) is 0 Å². The monoisotopic (exact) mass is 366 g/mol. The van der Waals surface area contributed by atoms with Crippen LogP contribution in [-0.4, -0.2) is 26.8 Å². The molecule has 2 aromatic rings. The van der Waals surface area contributed by atoms with E-state index in [0.717, 1.165) is 5.56 Å². The van der Waals surface area contributed by atoms with Gasteiger partial charge in [0.1, 0.15) is 5.38 Å². The van der Waals surface area contributed by atoms with Crippen molar-refractivity contribution in [3.63, 3.8) is 0 Å². The minimum atomic E-state index is -3.80. The first-order valence-electron chi connectivity index (χ1n) is 7.25. The van der Waals surface area contributed by atoms with Crippen LogP contribution in [0.1, 0.15) is 17.2 Å². The lowest BCUT2D eigenvalue weighted by atomic mass is 10.0. The van der Waals surface area contributed by atoms with Crippen LogP contribution in [0.25, 0.3) is 0 Å². The van der Waals surface area contributed by atoms with E-state index in [1.54, 1.807) is 36.4 Å². The molecule has 0 amide bonds. The molecule has 0 aliphatic rings. The van der Waals surface area contributed by atoms with E-state index in [0.29, 0.717) is 5.56 Å². The molecule has 128 valence electrons. The number of benzene rings is 2. The number of ether oxygens (including phenoxy) is 1. The number of aryl methyl sites for hydroxylation is 1. The van der Waals surface area contributed by atoms with Crippen molar-refractivity contribution < 1.29 is 13.2 Å². The van der Waals surface area contributed by atoms with Gasteiger partial charge < -0.3 is 4.74 Å². The maximum Gasteiger partial charge on any atom is 0.241 e. The van der Waals surface area contributed by atoms with Crippen LogP contribution in [-0.2, 0) is 14.8 Å². The highest BCUT2D eigenvalue weighted by atomic mass is 35.5. The second kappa shape index (κ2) is 7.79. The Morgan fingerprint density at radius 2 is 1.71 bits per heavy atom. The Morgan fingerprint density at radius 1 is 1.12 bits per heavy atom. The zero-order valence-electron chi connectivity index (χ0n) is 13.4. The molecule has 0 saturated heterocycles. The highest BCUT2D eigenvalue weighted by Gasteiger charge is 2.30. The highest BCUT2D eigenvalue weighted by molar-refractivity contribution is 7.89. The summed E-state index contributed by atoms with van der Waals surface area (Å²) >= 11 is 6.27. The number of methoxy groups -OCH3 is 1. The van der Waals surface area contributed by atoms with Crippen molar-refractivity contribution in [1.29, 1.82) is 5.41 Å². The van der Waals surface area contributed by atoms with Gasteiger partial charge in [-0.05, 0) is 24.6 Å². The number of hydrogen-bond acceptors (Lipinski definition) is 4. The summed E-state index contributed by atoms with van der Waals surface area (Å²) in [5.74, 6) is -0.211. The fourth-order valence-electron chi connectivity index (χ4n) is 2.17. The molecule has 0 spiro atoms. The predicted molar refractivity (Wildman–Crippen MR) is 95.1 cm³/mol. The van der Waals surface area contributed by atoms with Gasteiger partial charge in [-0.1, -0.05) is 48.0 Å². The minimum absolute atomic E-state index is 0.141. The molecule has 0 heterocycles. The first kappa shape index (κ1) is 18.4. The molecule has 24 heavy (non-hydrogen) atoms. The molecule has 7 heteroatoms. The van der Waals surface area contributed by atoms with E-state index in [1.165, 1.54) is 19.2 Å². The molecule has 2 N–H and O–H groups in total. The lowest BCUT2D eigenvalue weighted by Gasteiger charge is -2.23. The van der Waals surface area contributed by atoms with Gasteiger partial charge in [0.05, 0.1) is 18.0 Å². The fraction of sp³-hybridized carbons (Fsp3) is 0.235. The van der Waals surface area contributed by atoms with Gasteiger partial charge in [-0.25, -0.2) is 13.1 Å². The van der Waals surface area contributed by atoms with Crippen molar-refractivity contribution in [2.75, 3.05) is 7.11 Å². The molecule has 0 bridgehead atoms. The van der Waals surface area contributed by atoms with Crippen molar-refractivity contribution >= 4 is 27.5 Å². The van der Waals surface area contributed by atoms with Crippen molar-refractivity contribution in [2.45, 2.75) is 23.2 Å². The Kier molecular flexibility index (Phi) is 5.99. The summed E-state index contributed by atoms with van der Waals surface area (Å²) in [5, 5.41) is 6.80. The summed E-state index contributed by atoms with van der Waals surface area (Å²) in [4.78, 5) is 0.141. The van der Waals surface area contributed by atoms with Gasteiger partial charge in [-0.3, -0.25) is 5.41 Å². The summed E-state index contributed by atoms with van der Waals surface area (Å²) in [7, 11) is -2.47. The molecule has 0 fully saturated rings. The van der Waals surface area contributed by atoms with Gasteiger partial charge in [0.25, 0.3) is 0 Å². The van der Waals surface area contributed by atoms with E-state index in [1.807, 2.05) is 13.0 Å². The van der Waals surface area contributed by atoms with Crippen LogP contribution in [0, 0.1) is 12.3 Å². The zero-order valence-corrected chi connectivity index (χ0v) is 14.9. The first-order valence-corrected chi connectivity index (χ1v) is 9.17. The molecule has 2 aromatic carbocycles. The molecule has 5 nitrogen and oxygen atoms in total. The maximum absolute atomic E-state index is 12.7. The molecule has 0 radical (unpaired) electrons. The lowest BCUT2D eigenvalue weighted by molar-refractivity contribution is 0.379. The number of sulfonamides is 1. The highest BCUT2D eigenvalue weighted by Crippen LogP contribution is 2.25. The van der Waals surface area contributed by atoms with Crippen molar-refractivity contribution in [1.82, 2.24) is 4.72 Å². The summed E-state index contributed by atoms with van der Waals surface area (Å²) in [5.41, 5.74) is 1.61. The molecule has 2 atom stereocenters. The van der Waals surface area contributed by atoms with Gasteiger partial charge in [0.15, 0.2) is 0 Å². The van der Waals surface area contributed by atoms with Crippen LogP contribution in [0.2, 0.25) is 0 Å². The molecule has 2 rings (SSSR count). The largest absolute Gasteiger partial charge is 0.483 e.